The molecule has 1 amide bonds. The van der Waals surface area contributed by atoms with Crippen molar-refractivity contribution in [1.29, 1.82) is 5.26 Å². The van der Waals surface area contributed by atoms with Crippen molar-refractivity contribution >= 4 is 44.9 Å². The second kappa shape index (κ2) is 7.47. The van der Waals surface area contributed by atoms with E-state index >= 15 is 0 Å². The number of nitrogens with one attached hydrogen (secondary N) is 1. The van der Waals surface area contributed by atoms with E-state index in [1.807, 2.05) is 31.2 Å². The van der Waals surface area contributed by atoms with Crippen LogP contribution in [0.5, 0.6) is 0 Å². The normalized spacial score (nSPS) is 11.8. The summed E-state index contributed by atoms with van der Waals surface area (Å²) in [7, 11) is 0. The van der Waals surface area contributed by atoms with Gasteiger partial charge in [0.25, 0.3) is 0 Å². The molecule has 24 heavy (non-hydrogen) atoms. The molecule has 0 aliphatic heterocycles. The first-order chi connectivity index (χ1) is 11.7. The van der Waals surface area contributed by atoms with E-state index in [1.165, 1.54) is 11.8 Å². The molecule has 3 rings (SSSR count). The smallest absolute Gasteiger partial charge is 0.237 e. The van der Waals surface area contributed by atoms with Gasteiger partial charge in [0.05, 0.1) is 26.7 Å². The molecule has 120 valence electrons. The number of hydrogen-bond acceptors (Lipinski definition) is 5. The van der Waals surface area contributed by atoms with Gasteiger partial charge in [-0.2, -0.15) is 5.26 Å². The van der Waals surface area contributed by atoms with Crippen molar-refractivity contribution in [2.75, 3.05) is 5.32 Å². The van der Waals surface area contributed by atoms with Gasteiger partial charge in [0.2, 0.25) is 5.91 Å². The van der Waals surface area contributed by atoms with Crippen LogP contribution in [-0.4, -0.2) is 16.1 Å². The van der Waals surface area contributed by atoms with Gasteiger partial charge in [0.15, 0.2) is 4.34 Å². The Morgan fingerprint density at radius 3 is 2.79 bits per heavy atom. The van der Waals surface area contributed by atoms with E-state index in [9.17, 15) is 4.79 Å². The van der Waals surface area contributed by atoms with Gasteiger partial charge in [-0.3, -0.25) is 4.79 Å². The number of carbonyl (C=O) groups is 1. The number of para-hydroxylation sites is 2. The quantitative estimate of drug-likeness (QED) is 0.677. The number of hydrogen-bond donors (Lipinski definition) is 1. The van der Waals surface area contributed by atoms with Crippen LogP contribution in [0.4, 0.5) is 5.69 Å². The lowest BCUT2D eigenvalue weighted by molar-refractivity contribution is -0.115. The van der Waals surface area contributed by atoms with Gasteiger partial charge in [-0.15, -0.1) is 11.3 Å². The fourth-order valence-electron chi connectivity index (χ4n) is 2.25. The predicted octanol–water partition coefficient (Wildman–Crippen LogP) is 4.68. The Kier molecular flexibility index (Phi) is 5.14. The third-order valence-electron chi connectivity index (χ3n) is 3.49. The zero-order valence-electron chi connectivity index (χ0n) is 13.0. The Morgan fingerprint density at radius 2 is 2.04 bits per heavy atom. The van der Waals surface area contributed by atoms with Gasteiger partial charge in [-0.05, 0) is 30.7 Å². The number of thiazole rings is 1. The molecule has 0 spiro atoms. The summed E-state index contributed by atoms with van der Waals surface area (Å²) in [5.41, 5.74) is 1.97. The van der Waals surface area contributed by atoms with E-state index in [1.54, 1.807) is 35.6 Å². The van der Waals surface area contributed by atoms with Gasteiger partial charge in [0, 0.05) is 0 Å². The van der Waals surface area contributed by atoms with Crippen molar-refractivity contribution in [3.63, 3.8) is 0 Å². The summed E-state index contributed by atoms with van der Waals surface area (Å²) in [5.74, 6) is -0.107. The number of aromatic nitrogens is 1. The van der Waals surface area contributed by atoms with Crippen LogP contribution < -0.4 is 5.32 Å². The molecule has 0 bridgehead atoms. The molecule has 1 N–H and O–H groups in total. The molecule has 2 aromatic carbocycles. The summed E-state index contributed by atoms with van der Waals surface area (Å²) in [4.78, 5) is 17.1. The highest BCUT2D eigenvalue weighted by molar-refractivity contribution is 8.02. The first kappa shape index (κ1) is 16.5. The number of thioether (sulfide) groups is 1. The maximum absolute atomic E-state index is 12.6. The van der Waals surface area contributed by atoms with E-state index < -0.39 is 0 Å². The van der Waals surface area contributed by atoms with Crippen LogP contribution in [0.2, 0.25) is 0 Å². The maximum atomic E-state index is 12.6. The van der Waals surface area contributed by atoms with E-state index in [2.05, 4.69) is 16.4 Å². The van der Waals surface area contributed by atoms with E-state index in [4.69, 9.17) is 5.26 Å². The minimum Gasteiger partial charge on any atom is -0.324 e. The summed E-state index contributed by atoms with van der Waals surface area (Å²) in [6.07, 6.45) is 0.682. The molecule has 0 fully saturated rings. The Bertz CT molecular complexity index is 881. The molecule has 0 aliphatic rings. The number of benzene rings is 2. The molecule has 0 saturated carbocycles. The summed E-state index contributed by atoms with van der Waals surface area (Å²) in [6.45, 7) is 1.97. The number of carbonyl (C=O) groups excluding carboxylic acids is 1. The van der Waals surface area contributed by atoms with Crippen LogP contribution in [0.1, 0.15) is 18.9 Å². The number of anilines is 1. The Morgan fingerprint density at radius 1 is 1.29 bits per heavy atom. The Balaban J connectivity index is 1.75. The molecule has 0 unspecified atom stereocenters. The van der Waals surface area contributed by atoms with Crippen molar-refractivity contribution in [3.8, 4) is 6.07 Å². The molecular weight excluding hydrogens is 338 g/mol. The molecule has 1 aromatic heterocycles. The van der Waals surface area contributed by atoms with Crippen LogP contribution in [0.25, 0.3) is 10.2 Å². The SMILES string of the molecule is CC[C@@H](Sc1nc2ccccc2s1)C(=O)Nc1ccccc1C#N. The third-order valence-corrected chi connectivity index (χ3v) is 5.98. The summed E-state index contributed by atoms with van der Waals surface area (Å²) >= 11 is 3.06. The topological polar surface area (TPSA) is 65.8 Å². The van der Waals surface area contributed by atoms with Crippen molar-refractivity contribution in [2.45, 2.75) is 22.9 Å². The number of rotatable bonds is 5. The van der Waals surface area contributed by atoms with Crippen LogP contribution in [0.15, 0.2) is 52.9 Å². The fourth-order valence-corrected chi connectivity index (χ4v) is 4.48. The predicted molar refractivity (Wildman–Crippen MR) is 99.3 cm³/mol. The van der Waals surface area contributed by atoms with Crippen molar-refractivity contribution in [3.05, 3.63) is 54.1 Å². The number of fused-ring (bicyclic) bond motifs is 1. The van der Waals surface area contributed by atoms with Gasteiger partial charge in [0.1, 0.15) is 6.07 Å². The molecule has 4 nitrogen and oxygen atoms in total. The highest BCUT2D eigenvalue weighted by Gasteiger charge is 2.20. The Labute approximate surface area is 148 Å². The first-order valence-electron chi connectivity index (χ1n) is 7.53. The van der Waals surface area contributed by atoms with E-state index in [-0.39, 0.29) is 11.2 Å². The standard InChI is InChI=1S/C18H15N3OS2/c1-2-15(17(22)20-13-8-4-3-7-12(13)11-19)23-18-21-14-9-5-6-10-16(14)24-18/h3-10,15H,2H2,1H3,(H,20,22)/t15-/m1/s1. The minimum atomic E-state index is -0.252. The lowest BCUT2D eigenvalue weighted by Gasteiger charge is -2.13. The van der Waals surface area contributed by atoms with Crippen LogP contribution in [-0.2, 0) is 4.79 Å². The fraction of sp³-hybridized carbons (Fsp3) is 0.167. The molecule has 1 heterocycles. The minimum absolute atomic E-state index is 0.107. The number of nitrogens with zero attached hydrogens (tertiary/aromatic N) is 2. The van der Waals surface area contributed by atoms with Gasteiger partial charge < -0.3 is 5.32 Å². The van der Waals surface area contributed by atoms with Crippen molar-refractivity contribution < 1.29 is 4.79 Å². The van der Waals surface area contributed by atoms with Gasteiger partial charge >= 0.3 is 0 Å². The molecular formula is C18H15N3OS2. The first-order valence-corrected chi connectivity index (χ1v) is 9.23. The summed E-state index contributed by atoms with van der Waals surface area (Å²) in [5, 5.41) is 11.7. The summed E-state index contributed by atoms with van der Waals surface area (Å²) in [6, 6.07) is 17.1. The van der Waals surface area contributed by atoms with Crippen LogP contribution in [0, 0.1) is 11.3 Å². The molecule has 0 aliphatic carbocycles. The average Bonchev–Trinajstić information content (AvgIpc) is 3.02. The lowest BCUT2D eigenvalue weighted by Crippen LogP contribution is -2.24. The van der Waals surface area contributed by atoms with Gasteiger partial charge in [-0.1, -0.05) is 43.0 Å². The highest BCUT2D eigenvalue weighted by Crippen LogP contribution is 2.33. The second-order valence-corrected chi connectivity index (χ2v) is 7.59. The molecule has 0 saturated heterocycles. The third kappa shape index (κ3) is 3.58. The van der Waals surface area contributed by atoms with E-state index in [0.29, 0.717) is 17.7 Å². The Hall–Kier alpha value is -2.36. The molecule has 1 atom stereocenters. The van der Waals surface area contributed by atoms with Crippen molar-refractivity contribution in [2.24, 2.45) is 0 Å². The lowest BCUT2D eigenvalue weighted by atomic mass is 10.2. The number of amides is 1. The zero-order valence-corrected chi connectivity index (χ0v) is 14.7. The number of nitriles is 1. The molecule has 0 radical (unpaired) electrons. The zero-order chi connectivity index (χ0) is 16.9. The van der Waals surface area contributed by atoms with Crippen LogP contribution in [0.3, 0.4) is 0 Å². The van der Waals surface area contributed by atoms with E-state index in [0.717, 1.165) is 14.6 Å². The molecule has 6 heteroatoms. The maximum Gasteiger partial charge on any atom is 0.237 e. The van der Waals surface area contributed by atoms with Gasteiger partial charge in [-0.25, -0.2) is 4.98 Å². The highest BCUT2D eigenvalue weighted by atomic mass is 32.2. The monoisotopic (exact) mass is 353 g/mol. The van der Waals surface area contributed by atoms with Crippen molar-refractivity contribution in [1.82, 2.24) is 4.98 Å². The molecule has 3 aromatic rings. The summed E-state index contributed by atoms with van der Waals surface area (Å²) < 4.78 is 2.00. The average molecular weight is 353 g/mol. The largest absolute Gasteiger partial charge is 0.324 e. The second-order valence-electron chi connectivity index (χ2n) is 5.11. The van der Waals surface area contributed by atoms with Crippen LogP contribution >= 0.6 is 23.1 Å².